The summed E-state index contributed by atoms with van der Waals surface area (Å²) in [4.78, 5) is 10.1. The zero-order valence-electron chi connectivity index (χ0n) is 9.25. The minimum atomic E-state index is -0.714. The van der Waals surface area contributed by atoms with Gasteiger partial charge in [-0.3, -0.25) is 0 Å². The number of halogens is 1. The molecule has 0 aliphatic carbocycles. The molecular formula is C10H14ClN5O. The molecule has 6 nitrogen and oxygen atoms in total. The first-order chi connectivity index (χ1) is 8.25. The van der Waals surface area contributed by atoms with E-state index < -0.39 is 6.35 Å². The molecule has 2 aliphatic heterocycles. The lowest BCUT2D eigenvalue weighted by molar-refractivity contribution is 0.177. The highest BCUT2D eigenvalue weighted by Crippen LogP contribution is 2.35. The maximum Gasteiger partial charge on any atom is 0.206 e. The molecular weight excluding hydrogens is 242 g/mol. The Kier molecular flexibility index (Phi) is 2.78. The van der Waals surface area contributed by atoms with Crippen molar-refractivity contribution in [1.82, 2.24) is 14.4 Å². The number of nitrogens with one attached hydrogen (secondary N) is 1. The molecule has 1 atom stereocenters. The van der Waals surface area contributed by atoms with Crippen molar-refractivity contribution in [3.8, 4) is 0 Å². The van der Waals surface area contributed by atoms with Crippen LogP contribution < -0.4 is 10.2 Å². The van der Waals surface area contributed by atoms with E-state index in [1.54, 1.807) is 10.6 Å². The summed E-state index contributed by atoms with van der Waals surface area (Å²) in [5.41, 5.74) is 0.869. The van der Waals surface area contributed by atoms with E-state index in [0.717, 1.165) is 31.6 Å². The van der Waals surface area contributed by atoms with Crippen molar-refractivity contribution in [1.29, 1.82) is 0 Å². The molecule has 1 aromatic rings. The van der Waals surface area contributed by atoms with E-state index in [4.69, 9.17) is 11.8 Å². The van der Waals surface area contributed by atoms with E-state index in [0.29, 0.717) is 5.82 Å². The number of aliphatic hydroxyl groups excluding tert-OH is 1. The summed E-state index contributed by atoms with van der Waals surface area (Å²) in [6, 6.07) is 0.278. The van der Waals surface area contributed by atoms with Gasteiger partial charge in [0.05, 0.1) is 6.20 Å². The highest BCUT2D eigenvalue weighted by atomic mass is 35.5. The number of fused-ring (bicyclic) bond motifs is 1. The molecule has 1 fully saturated rings. The Morgan fingerprint density at radius 1 is 1.41 bits per heavy atom. The molecule has 0 aromatic carbocycles. The molecule has 0 amide bonds. The van der Waals surface area contributed by atoms with Gasteiger partial charge in [-0.1, -0.05) is 0 Å². The van der Waals surface area contributed by atoms with Gasteiger partial charge < -0.3 is 15.3 Å². The molecule has 92 valence electrons. The summed E-state index contributed by atoms with van der Waals surface area (Å²) in [5, 5.41) is 13.0. The van der Waals surface area contributed by atoms with Crippen molar-refractivity contribution in [2.75, 3.05) is 23.3 Å². The number of hydrogen-bond donors (Lipinski definition) is 2. The lowest BCUT2D eigenvalue weighted by Crippen LogP contribution is -2.47. The minimum absolute atomic E-state index is 0.278. The second-order valence-electron chi connectivity index (χ2n) is 4.32. The van der Waals surface area contributed by atoms with Crippen molar-refractivity contribution in [3.05, 3.63) is 12.5 Å². The molecule has 0 radical (unpaired) electrons. The molecule has 3 rings (SSSR count). The third-order valence-electron chi connectivity index (χ3n) is 3.30. The third kappa shape index (κ3) is 1.92. The summed E-state index contributed by atoms with van der Waals surface area (Å²) in [7, 11) is 0. The second-order valence-corrected chi connectivity index (χ2v) is 4.80. The smallest absolute Gasteiger partial charge is 0.206 e. The zero-order chi connectivity index (χ0) is 11.8. The Labute approximate surface area is 104 Å². The monoisotopic (exact) mass is 255 g/mol. The Balaban J connectivity index is 1.83. The Bertz CT molecular complexity index is 409. The Morgan fingerprint density at radius 3 is 2.94 bits per heavy atom. The van der Waals surface area contributed by atoms with Gasteiger partial charge in [0.15, 0.2) is 5.82 Å². The van der Waals surface area contributed by atoms with E-state index in [2.05, 4.69) is 15.3 Å². The van der Waals surface area contributed by atoms with Crippen LogP contribution >= 0.6 is 11.8 Å². The first-order valence-electron chi connectivity index (χ1n) is 5.69. The van der Waals surface area contributed by atoms with Crippen LogP contribution in [0.4, 0.5) is 11.5 Å². The molecule has 0 spiro atoms. The number of aliphatic hydroxyl groups is 1. The van der Waals surface area contributed by atoms with E-state index in [9.17, 15) is 5.11 Å². The van der Waals surface area contributed by atoms with Crippen molar-refractivity contribution in [3.63, 3.8) is 0 Å². The van der Waals surface area contributed by atoms with Crippen LogP contribution in [0.25, 0.3) is 0 Å². The van der Waals surface area contributed by atoms with Gasteiger partial charge in [-0.15, -0.1) is 0 Å². The van der Waals surface area contributed by atoms with Gasteiger partial charge in [-0.25, -0.2) is 14.4 Å². The van der Waals surface area contributed by atoms with Crippen molar-refractivity contribution >= 4 is 23.3 Å². The Morgan fingerprint density at radius 2 is 2.18 bits per heavy atom. The van der Waals surface area contributed by atoms with E-state index in [-0.39, 0.29) is 6.04 Å². The number of hydrogen-bond acceptors (Lipinski definition) is 6. The van der Waals surface area contributed by atoms with Crippen molar-refractivity contribution in [2.45, 2.75) is 25.2 Å². The standard InChI is InChI=1S/C10H14ClN5O/c11-15-3-1-7(2-4-15)16-8-5-12-6-13-9(8)14-10(16)17/h5-7,10,17H,1-4H2,(H,12,13,14). The lowest BCUT2D eigenvalue weighted by Gasteiger charge is -2.36. The number of rotatable bonds is 1. The normalized spacial score (nSPS) is 25.8. The predicted octanol–water partition coefficient (Wildman–Crippen LogP) is 0.603. The molecule has 2 N–H and O–H groups in total. The van der Waals surface area contributed by atoms with E-state index in [1.165, 1.54) is 6.33 Å². The van der Waals surface area contributed by atoms with Gasteiger partial charge in [0.2, 0.25) is 6.35 Å². The van der Waals surface area contributed by atoms with E-state index in [1.807, 2.05) is 4.90 Å². The quantitative estimate of drug-likeness (QED) is 0.717. The third-order valence-corrected chi connectivity index (χ3v) is 3.64. The highest BCUT2D eigenvalue weighted by Gasteiger charge is 2.35. The number of nitrogens with zero attached hydrogens (tertiary/aromatic N) is 4. The van der Waals surface area contributed by atoms with Crippen LogP contribution in [-0.2, 0) is 0 Å². The number of piperidine rings is 1. The first kappa shape index (κ1) is 11.0. The molecule has 3 heterocycles. The first-order valence-corrected chi connectivity index (χ1v) is 6.03. The van der Waals surface area contributed by atoms with Crippen LogP contribution in [0, 0.1) is 0 Å². The minimum Gasteiger partial charge on any atom is -0.356 e. The fraction of sp³-hybridized carbons (Fsp3) is 0.600. The number of aromatic nitrogens is 2. The summed E-state index contributed by atoms with van der Waals surface area (Å²) < 4.78 is 1.79. The lowest BCUT2D eigenvalue weighted by atomic mass is 10.1. The van der Waals surface area contributed by atoms with E-state index >= 15 is 0 Å². The van der Waals surface area contributed by atoms with Gasteiger partial charge >= 0.3 is 0 Å². The molecule has 1 unspecified atom stereocenters. The van der Waals surface area contributed by atoms with Crippen LogP contribution in [0.3, 0.4) is 0 Å². The van der Waals surface area contributed by atoms with Crippen LogP contribution in [0.5, 0.6) is 0 Å². The molecule has 2 aliphatic rings. The molecule has 17 heavy (non-hydrogen) atoms. The molecule has 1 saturated heterocycles. The molecule has 1 aromatic heterocycles. The summed E-state index contributed by atoms with van der Waals surface area (Å²) in [6.45, 7) is 1.66. The highest BCUT2D eigenvalue weighted by molar-refractivity contribution is 6.13. The van der Waals surface area contributed by atoms with Crippen LogP contribution in [-0.4, -0.2) is 45.0 Å². The van der Waals surface area contributed by atoms with Gasteiger partial charge in [-0.2, -0.15) is 0 Å². The number of anilines is 2. The van der Waals surface area contributed by atoms with Crippen LogP contribution in [0.15, 0.2) is 12.5 Å². The van der Waals surface area contributed by atoms with Gasteiger partial charge in [-0.05, 0) is 24.6 Å². The largest absolute Gasteiger partial charge is 0.356 e. The molecule has 0 saturated carbocycles. The van der Waals surface area contributed by atoms with Gasteiger partial charge in [0.25, 0.3) is 0 Å². The fourth-order valence-corrected chi connectivity index (χ4v) is 2.65. The van der Waals surface area contributed by atoms with Crippen LogP contribution in [0.1, 0.15) is 12.8 Å². The Hall–Kier alpha value is -1.11. The second kappa shape index (κ2) is 4.29. The summed E-state index contributed by atoms with van der Waals surface area (Å²) in [6.07, 6.45) is 4.35. The van der Waals surface area contributed by atoms with Crippen LogP contribution in [0.2, 0.25) is 0 Å². The topological polar surface area (TPSA) is 64.5 Å². The maximum absolute atomic E-state index is 10.0. The summed E-state index contributed by atoms with van der Waals surface area (Å²) >= 11 is 5.94. The fourth-order valence-electron chi connectivity index (χ4n) is 2.45. The average Bonchev–Trinajstić information content (AvgIpc) is 2.66. The SMILES string of the molecule is OC1Nc2ncncc2N1C1CCN(Cl)CC1. The van der Waals surface area contributed by atoms with Gasteiger partial charge in [0, 0.05) is 19.1 Å². The maximum atomic E-state index is 10.0. The average molecular weight is 256 g/mol. The molecule has 7 heteroatoms. The molecule has 0 bridgehead atoms. The zero-order valence-corrected chi connectivity index (χ0v) is 10.0. The van der Waals surface area contributed by atoms with Crippen molar-refractivity contribution in [2.24, 2.45) is 0 Å². The summed E-state index contributed by atoms with van der Waals surface area (Å²) in [5.74, 6) is 0.695. The predicted molar refractivity (Wildman–Crippen MR) is 64.6 cm³/mol. The van der Waals surface area contributed by atoms with Gasteiger partial charge in [0.1, 0.15) is 12.0 Å². The van der Waals surface area contributed by atoms with Crippen molar-refractivity contribution < 1.29 is 5.11 Å².